The number of ether oxygens (including phenoxy) is 1. The highest BCUT2D eigenvalue weighted by Crippen LogP contribution is 2.25. The van der Waals surface area contributed by atoms with Crippen LogP contribution in [0.25, 0.3) is 0 Å². The summed E-state index contributed by atoms with van der Waals surface area (Å²) in [5.41, 5.74) is -0.522. The predicted molar refractivity (Wildman–Crippen MR) is 72.5 cm³/mol. The van der Waals surface area contributed by atoms with E-state index in [1.54, 1.807) is 6.92 Å². The molecule has 0 aliphatic heterocycles. The first-order valence-electron chi connectivity index (χ1n) is 5.77. The Morgan fingerprint density at radius 3 is 2.35 bits per heavy atom. The first-order chi connectivity index (χ1) is 9.04. The van der Waals surface area contributed by atoms with Crippen LogP contribution in [-0.4, -0.2) is 20.5 Å². The van der Waals surface area contributed by atoms with Crippen molar-refractivity contribution in [3.05, 3.63) is 28.5 Å². The number of benzene rings is 1. The fourth-order valence-electron chi connectivity index (χ4n) is 1.27. The minimum absolute atomic E-state index is 0.0343. The molecule has 112 valence electrons. The van der Waals surface area contributed by atoms with E-state index in [0.717, 1.165) is 12.1 Å². The molecule has 2 N–H and O–H groups in total. The average Bonchev–Trinajstić information content (AvgIpc) is 2.26. The summed E-state index contributed by atoms with van der Waals surface area (Å²) in [6.07, 6.45) is -0.449. The molecular weight excluding hydrogens is 309 g/mol. The number of sulfonamides is 1. The Labute approximate surface area is 121 Å². The Morgan fingerprint density at radius 1 is 1.35 bits per heavy atom. The van der Waals surface area contributed by atoms with E-state index in [9.17, 15) is 17.6 Å². The number of carbonyl (C=O) groups is 1. The maximum atomic E-state index is 13.7. The van der Waals surface area contributed by atoms with Gasteiger partial charge in [0.15, 0.2) is 0 Å². The summed E-state index contributed by atoms with van der Waals surface area (Å²) < 4.78 is 41.3. The third-order valence-electron chi connectivity index (χ3n) is 2.78. The topological polar surface area (TPSA) is 86.5 Å². The van der Waals surface area contributed by atoms with Crippen LogP contribution in [0.1, 0.15) is 31.1 Å². The monoisotopic (exact) mass is 323 g/mol. The van der Waals surface area contributed by atoms with Gasteiger partial charge in [-0.05, 0) is 25.0 Å². The van der Waals surface area contributed by atoms with E-state index in [-0.39, 0.29) is 5.92 Å². The molecule has 1 rings (SSSR count). The molecule has 0 bridgehead atoms. The van der Waals surface area contributed by atoms with Crippen LogP contribution in [-0.2, 0) is 14.8 Å². The van der Waals surface area contributed by atoms with Crippen molar-refractivity contribution in [3.8, 4) is 0 Å². The molecule has 0 aliphatic rings. The van der Waals surface area contributed by atoms with Crippen LogP contribution in [0.15, 0.2) is 17.0 Å². The van der Waals surface area contributed by atoms with Gasteiger partial charge in [0.1, 0.15) is 16.8 Å². The zero-order valence-electron chi connectivity index (χ0n) is 11.2. The van der Waals surface area contributed by atoms with Gasteiger partial charge in [0.25, 0.3) is 0 Å². The van der Waals surface area contributed by atoms with Crippen molar-refractivity contribution >= 4 is 27.6 Å². The second-order valence-corrected chi connectivity index (χ2v) is 6.60. The molecule has 0 aliphatic carbocycles. The van der Waals surface area contributed by atoms with E-state index >= 15 is 0 Å². The van der Waals surface area contributed by atoms with Crippen LogP contribution in [0.2, 0.25) is 5.02 Å². The highest BCUT2D eigenvalue weighted by Gasteiger charge is 2.23. The lowest BCUT2D eigenvalue weighted by Crippen LogP contribution is -2.22. The van der Waals surface area contributed by atoms with Gasteiger partial charge in [-0.1, -0.05) is 25.4 Å². The van der Waals surface area contributed by atoms with Gasteiger partial charge < -0.3 is 4.74 Å². The van der Waals surface area contributed by atoms with E-state index in [0.29, 0.717) is 0 Å². The predicted octanol–water partition coefficient (Wildman–Crippen LogP) is 2.33. The van der Waals surface area contributed by atoms with Crippen LogP contribution >= 0.6 is 11.6 Å². The first-order valence-corrected chi connectivity index (χ1v) is 7.69. The molecule has 1 aromatic rings. The standard InChI is InChI=1S/C12H15ClFNO4S/c1-6(2)7(3)19-12(16)8-4-11(20(15,17)18)9(13)5-10(8)14/h4-7H,1-3H3,(H2,15,17,18). The van der Waals surface area contributed by atoms with Crippen molar-refractivity contribution in [1.82, 2.24) is 0 Å². The van der Waals surface area contributed by atoms with Crippen LogP contribution in [0, 0.1) is 11.7 Å². The summed E-state index contributed by atoms with van der Waals surface area (Å²) in [5, 5.41) is 4.55. The average molecular weight is 324 g/mol. The van der Waals surface area contributed by atoms with Crippen molar-refractivity contribution < 1.29 is 22.3 Å². The zero-order valence-corrected chi connectivity index (χ0v) is 12.8. The molecule has 0 spiro atoms. The molecule has 0 saturated heterocycles. The lowest BCUT2D eigenvalue weighted by molar-refractivity contribution is 0.0232. The number of rotatable bonds is 4. The van der Waals surface area contributed by atoms with E-state index in [2.05, 4.69) is 0 Å². The van der Waals surface area contributed by atoms with Crippen molar-refractivity contribution in [2.24, 2.45) is 11.1 Å². The Kier molecular flexibility index (Phi) is 5.12. The van der Waals surface area contributed by atoms with Crippen molar-refractivity contribution in [2.45, 2.75) is 31.8 Å². The van der Waals surface area contributed by atoms with Crippen molar-refractivity contribution in [2.75, 3.05) is 0 Å². The fraction of sp³-hybridized carbons (Fsp3) is 0.417. The molecule has 0 amide bonds. The third-order valence-corrected chi connectivity index (χ3v) is 4.16. The normalized spacial score (nSPS) is 13.3. The van der Waals surface area contributed by atoms with Crippen LogP contribution in [0.4, 0.5) is 4.39 Å². The van der Waals surface area contributed by atoms with Gasteiger partial charge >= 0.3 is 5.97 Å². The summed E-state index contributed by atoms with van der Waals surface area (Å²) >= 11 is 5.60. The van der Waals surface area contributed by atoms with Gasteiger partial charge in [0, 0.05) is 0 Å². The van der Waals surface area contributed by atoms with E-state index in [1.165, 1.54) is 0 Å². The molecule has 0 heterocycles. The number of esters is 1. The van der Waals surface area contributed by atoms with E-state index < -0.39 is 43.4 Å². The molecule has 0 fully saturated rings. The maximum absolute atomic E-state index is 13.7. The number of hydrogen-bond acceptors (Lipinski definition) is 4. The van der Waals surface area contributed by atoms with E-state index in [1.807, 2.05) is 13.8 Å². The summed E-state index contributed by atoms with van der Waals surface area (Å²) in [6.45, 7) is 5.30. The number of halogens is 2. The van der Waals surface area contributed by atoms with Crippen LogP contribution in [0.5, 0.6) is 0 Å². The molecule has 5 nitrogen and oxygen atoms in total. The largest absolute Gasteiger partial charge is 0.459 e. The molecule has 1 atom stereocenters. The Morgan fingerprint density at radius 2 is 1.90 bits per heavy atom. The summed E-state index contributed by atoms with van der Waals surface area (Å²) in [5.74, 6) is -1.90. The zero-order chi connectivity index (χ0) is 15.7. The molecular formula is C12H15ClFNO4S. The smallest absolute Gasteiger partial charge is 0.341 e. The minimum atomic E-state index is -4.16. The Bertz CT molecular complexity index is 631. The lowest BCUT2D eigenvalue weighted by atomic mass is 10.1. The number of nitrogens with two attached hydrogens (primary N) is 1. The third kappa shape index (κ3) is 3.91. The van der Waals surface area contributed by atoms with Gasteiger partial charge in [-0.25, -0.2) is 22.7 Å². The Hall–Kier alpha value is -1.18. The SMILES string of the molecule is CC(C)C(C)OC(=O)c1cc(S(N)(=O)=O)c(Cl)cc1F. The second kappa shape index (κ2) is 6.07. The van der Waals surface area contributed by atoms with E-state index in [4.69, 9.17) is 21.5 Å². The van der Waals surface area contributed by atoms with Gasteiger partial charge in [-0.15, -0.1) is 0 Å². The van der Waals surface area contributed by atoms with Gasteiger partial charge in [-0.2, -0.15) is 0 Å². The molecule has 20 heavy (non-hydrogen) atoms. The number of primary sulfonamides is 1. The first kappa shape index (κ1) is 16.9. The highest BCUT2D eigenvalue weighted by atomic mass is 35.5. The molecule has 1 unspecified atom stereocenters. The number of carbonyl (C=O) groups excluding carboxylic acids is 1. The lowest BCUT2D eigenvalue weighted by Gasteiger charge is -2.17. The highest BCUT2D eigenvalue weighted by molar-refractivity contribution is 7.89. The minimum Gasteiger partial charge on any atom is -0.459 e. The second-order valence-electron chi connectivity index (χ2n) is 4.66. The summed E-state index contributed by atoms with van der Waals surface area (Å²) in [6, 6.07) is 1.50. The molecule has 0 saturated carbocycles. The molecule has 8 heteroatoms. The van der Waals surface area contributed by atoms with Crippen molar-refractivity contribution in [3.63, 3.8) is 0 Å². The van der Waals surface area contributed by atoms with Crippen molar-refractivity contribution in [1.29, 1.82) is 0 Å². The molecule has 1 aromatic carbocycles. The van der Waals surface area contributed by atoms with Gasteiger partial charge in [0.05, 0.1) is 10.6 Å². The fourth-order valence-corrected chi connectivity index (χ4v) is 2.36. The van der Waals surface area contributed by atoms with Gasteiger partial charge in [0.2, 0.25) is 10.0 Å². The Balaban J connectivity index is 3.22. The summed E-state index contributed by atoms with van der Waals surface area (Å²) in [7, 11) is -4.16. The van der Waals surface area contributed by atoms with Gasteiger partial charge in [-0.3, -0.25) is 0 Å². The maximum Gasteiger partial charge on any atom is 0.341 e. The number of hydrogen-bond donors (Lipinski definition) is 1. The summed E-state index contributed by atoms with van der Waals surface area (Å²) in [4.78, 5) is 11.3. The quantitative estimate of drug-likeness (QED) is 0.861. The van der Waals surface area contributed by atoms with Crippen LogP contribution in [0.3, 0.4) is 0 Å². The molecule has 0 radical (unpaired) electrons. The molecule has 0 aromatic heterocycles. The van der Waals surface area contributed by atoms with Crippen LogP contribution < -0.4 is 5.14 Å².